The van der Waals surface area contributed by atoms with E-state index in [9.17, 15) is 112 Å². The van der Waals surface area contributed by atoms with Gasteiger partial charge in [-0.3, -0.25) is 10.1 Å². The van der Waals surface area contributed by atoms with Gasteiger partial charge < -0.3 is 178 Å². The number of ether oxygens (including phenoxy) is 16. The van der Waals surface area contributed by atoms with Gasteiger partial charge in [0.2, 0.25) is 6.29 Å². The van der Waals surface area contributed by atoms with E-state index in [2.05, 4.69) is 0 Å². The molecule has 0 aliphatic carbocycles. The highest BCUT2D eigenvalue weighted by Gasteiger charge is 2.59. The van der Waals surface area contributed by atoms with E-state index in [1.165, 1.54) is 12.1 Å². The zero-order valence-electron chi connectivity index (χ0n) is 46.8. The quantitative estimate of drug-likeness (QED) is 0.0401. The third-order valence-corrected chi connectivity index (χ3v) is 16.5. The maximum Gasteiger partial charge on any atom is 0.269 e. The van der Waals surface area contributed by atoms with Gasteiger partial charge in [-0.2, -0.15) is 0 Å². The van der Waals surface area contributed by atoms with Crippen LogP contribution in [0.15, 0.2) is 24.3 Å². The number of hydrogen-bond acceptors (Lipinski definition) is 38. The zero-order chi connectivity index (χ0) is 64.6. The molecule has 1 aromatic rings. The largest absolute Gasteiger partial charge is 0.462 e. The molecule has 8 saturated heterocycles. The molecule has 39 heteroatoms. The zero-order valence-corrected chi connectivity index (χ0v) is 46.8. The molecule has 0 bridgehead atoms. The first-order valence-corrected chi connectivity index (χ1v) is 28.3. The summed E-state index contributed by atoms with van der Waals surface area (Å²) in [6.07, 6.45) is -66.0. The third kappa shape index (κ3) is 14.6. The van der Waals surface area contributed by atoms with Gasteiger partial charge in [-0.25, -0.2) is 0 Å². The van der Waals surface area contributed by atoms with Crippen LogP contribution in [0.5, 0.6) is 5.75 Å². The van der Waals surface area contributed by atoms with Crippen molar-refractivity contribution in [1.29, 1.82) is 0 Å². The molecule has 36 atom stereocenters. The highest BCUT2D eigenvalue weighted by atomic mass is 16.8. The Balaban J connectivity index is 0.776. The van der Waals surface area contributed by atoms with Crippen molar-refractivity contribution in [2.45, 2.75) is 228 Å². The van der Waals surface area contributed by atoms with Crippen molar-refractivity contribution in [3.63, 3.8) is 0 Å². The predicted octanol–water partition coefficient (Wildman–Crippen LogP) is -12.9. The van der Waals surface area contributed by atoms with Gasteiger partial charge in [0.1, 0.15) is 177 Å². The number of hydrogen-bond donors (Lipinski definition) is 20. The first-order chi connectivity index (χ1) is 42.4. The fourth-order valence-corrected chi connectivity index (χ4v) is 11.5. The number of fused-ring (bicyclic) bond motifs is 1. The minimum Gasteiger partial charge on any atom is -0.462 e. The van der Waals surface area contributed by atoms with Crippen molar-refractivity contribution in [2.24, 2.45) is 0 Å². The number of nitrogens with zero attached hydrogens (tertiary/aromatic N) is 1. The minimum atomic E-state index is -2.24. The Morgan fingerprint density at radius 3 is 0.921 bits per heavy atom. The molecule has 510 valence electrons. The molecule has 8 aliphatic heterocycles. The fourth-order valence-electron chi connectivity index (χ4n) is 11.5. The molecule has 0 radical (unpaired) electrons. The second kappa shape index (κ2) is 30.2. The summed E-state index contributed by atoms with van der Waals surface area (Å²) in [6.45, 7) is -4.55. The summed E-state index contributed by atoms with van der Waals surface area (Å²) < 4.78 is 90.4. The van der Waals surface area contributed by atoms with Gasteiger partial charge in [-0.1, -0.05) is 0 Å². The van der Waals surface area contributed by atoms with E-state index in [0.29, 0.717) is 0 Å². The van der Waals surface area contributed by atoms with E-state index in [1.54, 1.807) is 6.92 Å². The Morgan fingerprint density at radius 2 is 0.640 bits per heavy atom. The number of rotatable bonds is 21. The Kier molecular flexibility index (Phi) is 23.9. The van der Waals surface area contributed by atoms with Crippen molar-refractivity contribution in [1.82, 2.24) is 0 Å². The van der Waals surface area contributed by atoms with Crippen LogP contribution in [0, 0.1) is 10.1 Å². The maximum absolute atomic E-state index is 11.4. The van der Waals surface area contributed by atoms with E-state index in [0.717, 1.165) is 12.1 Å². The normalized spacial score (nSPS) is 49.8. The molecule has 0 aromatic heterocycles. The standard InChI is InChI=1S/C50H77NO38/c1-13-74-12-22-43(75-13)29(64)36(71)50(83-22)89-42-21(11-57)82-49(35(70)28(42)63)88-41-20(10-56)81-48(34(69)27(41)62)87-40-19(9-55)80-47(33(68)26(40)61)86-39-18(8-54)79-46(32(67)25(39)60)85-38-17(7-53)78-45(31(66)24(38)59)84-37-16(6-52)77-44(30(65)23(37)58)76-15-4-2-14(3-5-15)51(72)73/h2-5,13,16-50,52-71H,6-12H2,1H3/t13?,16-,17+,18+,19+,20+,21+,22+,23-,24+,25+,26+,27+,28+,29+,30-,31+,32+,33+,34+,35+,36+,37?,38?,39?,40?,41?,42?,43+,44+,45+,46+,47+,48+,49+,50+/m0/s1. The minimum absolute atomic E-state index is 0.0413. The number of non-ortho nitro benzene ring substituents is 1. The molecule has 89 heavy (non-hydrogen) atoms. The highest BCUT2D eigenvalue weighted by Crippen LogP contribution is 2.39. The second-order valence-corrected chi connectivity index (χ2v) is 22.2. The average Bonchev–Trinajstić information content (AvgIpc) is 1.05. The van der Waals surface area contributed by atoms with E-state index in [4.69, 9.17) is 75.8 Å². The Hall–Kier alpha value is -2.98. The van der Waals surface area contributed by atoms with Crippen LogP contribution in [0.1, 0.15) is 6.92 Å². The highest BCUT2D eigenvalue weighted by molar-refractivity contribution is 5.36. The molecule has 9 rings (SSSR count). The molecule has 0 amide bonds. The lowest BCUT2D eigenvalue weighted by atomic mass is 9.95. The molecule has 1 aromatic carbocycles. The topological polar surface area (TPSA) is 595 Å². The van der Waals surface area contributed by atoms with Crippen LogP contribution in [-0.4, -0.2) is 375 Å². The smallest absolute Gasteiger partial charge is 0.269 e. The number of nitro benzene ring substituents is 1. The Morgan fingerprint density at radius 1 is 0.382 bits per heavy atom. The Bertz CT molecular complexity index is 2360. The maximum atomic E-state index is 11.4. The van der Waals surface area contributed by atoms with E-state index in [-0.39, 0.29) is 18.0 Å². The molecule has 8 fully saturated rings. The van der Waals surface area contributed by atoms with Gasteiger partial charge in [0.05, 0.1) is 51.2 Å². The van der Waals surface area contributed by atoms with Gasteiger partial charge in [0, 0.05) is 12.1 Å². The van der Waals surface area contributed by atoms with E-state index < -0.39 is 266 Å². The van der Waals surface area contributed by atoms with Crippen molar-refractivity contribution in [3.8, 4) is 5.75 Å². The molecule has 0 spiro atoms. The third-order valence-electron chi connectivity index (χ3n) is 16.5. The summed E-state index contributed by atoms with van der Waals surface area (Å²) in [6, 6.07) is 4.54. The van der Waals surface area contributed by atoms with E-state index in [1.807, 2.05) is 0 Å². The lowest BCUT2D eigenvalue weighted by Crippen LogP contribution is -2.68. The lowest BCUT2D eigenvalue weighted by molar-refractivity contribution is -0.400. The van der Waals surface area contributed by atoms with Gasteiger partial charge in [-0.15, -0.1) is 0 Å². The fraction of sp³-hybridized carbons (Fsp3) is 0.880. The van der Waals surface area contributed by atoms with Crippen LogP contribution in [0.4, 0.5) is 5.69 Å². The molecule has 0 saturated carbocycles. The molecule has 7 unspecified atom stereocenters. The van der Waals surface area contributed by atoms with Crippen LogP contribution in [0.25, 0.3) is 0 Å². The summed E-state index contributed by atoms with van der Waals surface area (Å²) in [4.78, 5) is 10.4. The summed E-state index contributed by atoms with van der Waals surface area (Å²) >= 11 is 0. The number of nitro groups is 1. The van der Waals surface area contributed by atoms with Gasteiger partial charge >= 0.3 is 0 Å². The Labute approximate surface area is 502 Å². The van der Waals surface area contributed by atoms with Crippen LogP contribution in [0.2, 0.25) is 0 Å². The van der Waals surface area contributed by atoms with Gasteiger partial charge in [0.15, 0.2) is 44.0 Å². The SMILES string of the molecule is CC1OC[C@H]2O[C@H](OC3[C@@H](CO)O[C@H](OC4[C@@H](CO)O[C@H](OC5[C@@H](CO)O[C@H](OC6[C@@H](CO)O[C@H](OC7[C@@H](CO)O[C@H](OC8[C@H](CO)O[C@@H](Oc9ccc([N+](=O)[O-])cc9)[C@@H](O)[C@@H]8O)[C@H](O)[C@H]7O)[C@H](O)[C@H]6O)[C@H](O)[C@H]5O)[C@H](O)[C@H]4O)[C@H](O)[C@H]3O)[C@H](O)[C@@H](O)[C@@H]2O1. The van der Waals surface area contributed by atoms with Crippen LogP contribution >= 0.6 is 0 Å². The predicted molar refractivity (Wildman–Crippen MR) is 270 cm³/mol. The molecule has 8 aliphatic rings. The monoisotopic (exact) mass is 1300 g/mol. The lowest BCUT2D eigenvalue weighted by Gasteiger charge is -2.50. The van der Waals surface area contributed by atoms with Crippen LogP contribution in [-0.2, 0) is 71.1 Å². The molecule has 8 heterocycles. The van der Waals surface area contributed by atoms with Crippen molar-refractivity contribution in [3.05, 3.63) is 34.4 Å². The second-order valence-electron chi connectivity index (χ2n) is 22.2. The van der Waals surface area contributed by atoms with Gasteiger partial charge in [-0.05, 0) is 19.1 Å². The van der Waals surface area contributed by atoms with Crippen molar-refractivity contribution < 1.29 is 183 Å². The van der Waals surface area contributed by atoms with Gasteiger partial charge in [0.25, 0.3) is 5.69 Å². The molecular formula is C50H77NO38. The van der Waals surface area contributed by atoms with Crippen molar-refractivity contribution in [2.75, 3.05) is 46.2 Å². The number of aliphatic hydroxyl groups excluding tert-OH is 20. The first-order valence-electron chi connectivity index (χ1n) is 28.3. The number of aliphatic hydroxyl groups is 20. The summed E-state index contributed by atoms with van der Waals surface area (Å²) in [5.41, 5.74) is -0.286. The van der Waals surface area contributed by atoms with Crippen LogP contribution in [0.3, 0.4) is 0 Å². The number of benzene rings is 1. The summed E-state index contributed by atoms with van der Waals surface area (Å²) in [5.74, 6) is -0.0413. The van der Waals surface area contributed by atoms with E-state index >= 15 is 0 Å². The molecule has 20 N–H and O–H groups in total. The average molecular weight is 1300 g/mol. The van der Waals surface area contributed by atoms with Crippen molar-refractivity contribution >= 4 is 5.69 Å². The summed E-state index contributed by atoms with van der Waals surface area (Å²) in [7, 11) is 0. The first kappa shape index (κ1) is 70.3. The summed E-state index contributed by atoms with van der Waals surface area (Å²) in [5, 5.41) is 229. The van der Waals surface area contributed by atoms with Crippen LogP contribution < -0.4 is 4.74 Å². The molecule has 39 nitrogen and oxygen atoms in total. The molecular weight excluding hydrogens is 1220 g/mol.